The number of nitro benzene ring substituents is 1. The minimum absolute atomic E-state index is 0.0685. The second-order valence-electron chi connectivity index (χ2n) is 8.93. The Morgan fingerprint density at radius 2 is 1.89 bits per heavy atom. The Labute approximate surface area is 207 Å². The number of benzene rings is 2. The fourth-order valence-electron chi connectivity index (χ4n) is 4.83. The maximum Gasteiger partial charge on any atom is 0.293 e. The van der Waals surface area contributed by atoms with E-state index in [2.05, 4.69) is 16.8 Å². The Morgan fingerprint density at radius 1 is 1.09 bits per heavy atom. The summed E-state index contributed by atoms with van der Waals surface area (Å²) in [5, 5.41) is 16.6. The van der Waals surface area contributed by atoms with Crippen LogP contribution in [-0.2, 0) is 13.0 Å². The number of hydrogen-bond acceptors (Lipinski definition) is 6. The van der Waals surface area contributed by atoms with Gasteiger partial charge < -0.3 is 15.1 Å². The SMILES string of the molecule is Cc1c(NC(=O)c2ccc(N3CCCC3)c([N+](=O)[O-])c2)cccc1C(=O)N1CCc2sccc2C1. The molecule has 0 saturated carbocycles. The zero-order valence-electron chi connectivity index (χ0n) is 19.5. The molecule has 3 aromatic rings. The smallest absolute Gasteiger partial charge is 0.293 e. The van der Waals surface area contributed by atoms with E-state index in [0.29, 0.717) is 35.6 Å². The maximum atomic E-state index is 13.3. The monoisotopic (exact) mass is 490 g/mol. The lowest BCUT2D eigenvalue weighted by molar-refractivity contribution is -0.384. The summed E-state index contributed by atoms with van der Waals surface area (Å²) in [6, 6.07) is 11.9. The largest absolute Gasteiger partial charge is 0.366 e. The molecule has 8 nitrogen and oxygen atoms in total. The first-order chi connectivity index (χ1) is 16.9. The molecule has 1 saturated heterocycles. The molecule has 5 rings (SSSR count). The van der Waals surface area contributed by atoms with Crippen LogP contribution < -0.4 is 10.2 Å². The standard InChI is InChI=1S/C26H26N4O4S/c1-17-20(26(32)29-13-9-24-19(16-29)10-14-35-24)5-4-6-21(17)27-25(31)18-7-8-22(23(15-18)30(33)34)28-11-2-3-12-28/h4-8,10,14-15H,2-3,9,11-13,16H2,1H3,(H,27,31). The van der Waals surface area contributed by atoms with Gasteiger partial charge >= 0.3 is 0 Å². The van der Waals surface area contributed by atoms with E-state index in [4.69, 9.17) is 0 Å². The molecule has 9 heteroatoms. The molecular formula is C26H26N4O4S. The number of rotatable bonds is 5. The van der Waals surface area contributed by atoms with E-state index in [-0.39, 0.29) is 17.2 Å². The number of thiophene rings is 1. The van der Waals surface area contributed by atoms with Crippen molar-refractivity contribution in [2.24, 2.45) is 0 Å². The lowest BCUT2D eigenvalue weighted by Gasteiger charge is -2.28. The average molecular weight is 491 g/mol. The molecule has 1 aromatic heterocycles. The van der Waals surface area contributed by atoms with Gasteiger partial charge in [0.2, 0.25) is 0 Å². The number of carbonyl (C=O) groups is 2. The lowest BCUT2D eigenvalue weighted by Crippen LogP contribution is -2.35. The van der Waals surface area contributed by atoms with E-state index in [1.54, 1.807) is 41.7 Å². The summed E-state index contributed by atoms with van der Waals surface area (Å²) in [6.07, 6.45) is 2.85. The minimum atomic E-state index is -0.449. The fraction of sp³-hybridized carbons (Fsp3) is 0.308. The number of carbonyl (C=O) groups excluding carboxylic acids is 2. The Kier molecular flexibility index (Phi) is 6.25. The first kappa shape index (κ1) is 23.0. The van der Waals surface area contributed by atoms with Gasteiger partial charge in [-0.15, -0.1) is 11.3 Å². The van der Waals surface area contributed by atoms with Crippen molar-refractivity contribution < 1.29 is 14.5 Å². The summed E-state index contributed by atoms with van der Waals surface area (Å²) in [5.74, 6) is -0.518. The van der Waals surface area contributed by atoms with Crippen molar-refractivity contribution in [2.75, 3.05) is 29.9 Å². The molecule has 180 valence electrons. The van der Waals surface area contributed by atoms with Crippen LogP contribution in [0.4, 0.5) is 17.1 Å². The fourth-order valence-corrected chi connectivity index (χ4v) is 5.72. The van der Waals surface area contributed by atoms with Gasteiger partial charge in [0, 0.05) is 53.9 Å². The summed E-state index contributed by atoms with van der Waals surface area (Å²) in [5.41, 5.74) is 3.59. The number of nitro groups is 1. The molecular weight excluding hydrogens is 464 g/mol. The van der Waals surface area contributed by atoms with Gasteiger partial charge in [0.25, 0.3) is 17.5 Å². The van der Waals surface area contributed by atoms with Crippen molar-refractivity contribution in [3.8, 4) is 0 Å². The minimum Gasteiger partial charge on any atom is -0.366 e. The molecule has 0 radical (unpaired) electrons. The van der Waals surface area contributed by atoms with Gasteiger partial charge in [-0.2, -0.15) is 0 Å². The third kappa shape index (κ3) is 4.51. The van der Waals surface area contributed by atoms with Crippen LogP contribution in [0.3, 0.4) is 0 Å². The number of hydrogen-bond donors (Lipinski definition) is 1. The van der Waals surface area contributed by atoms with E-state index in [1.165, 1.54) is 16.5 Å². The second-order valence-corrected chi connectivity index (χ2v) is 9.93. The van der Waals surface area contributed by atoms with Crippen molar-refractivity contribution in [1.29, 1.82) is 0 Å². The molecule has 35 heavy (non-hydrogen) atoms. The Hall–Kier alpha value is -3.72. The zero-order valence-corrected chi connectivity index (χ0v) is 20.3. The topological polar surface area (TPSA) is 95.8 Å². The van der Waals surface area contributed by atoms with Crippen molar-refractivity contribution >= 4 is 40.2 Å². The van der Waals surface area contributed by atoms with E-state index in [9.17, 15) is 19.7 Å². The van der Waals surface area contributed by atoms with Gasteiger partial charge in [0.05, 0.1) is 4.92 Å². The highest BCUT2D eigenvalue weighted by Gasteiger charge is 2.26. The lowest BCUT2D eigenvalue weighted by atomic mass is 10.0. The van der Waals surface area contributed by atoms with Gasteiger partial charge in [0.15, 0.2) is 0 Å². The molecule has 0 spiro atoms. The van der Waals surface area contributed by atoms with Gasteiger partial charge in [-0.1, -0.05) is 6.07 Å². The van der Waals surface area contributed by atoms with E-state index in [0.717, 1.165) is 32.4 Å². The number of amides is 2. The normalized spacial score (nSPS) is 15.1. The van der Waals surface area contributed by atoms with Crippen molar-refractivity contribution in [1.82, 2.24) is 4.90 Å². The highest BCUT2D eigenvalue weighted by atomic mass is 32.1. The third-order valence-corrected chi connectivity index (χ3v) is 7.81. The van der Waals surface area contributed by atoms with Crippen LogP contribution in [0.25, 0.3) is 0 Å². The molecule has 0 bridgehead atoms. The number of nitrogens with one attached hydrogen (secondary N) is 1. The number of nitrogens with zero attached hydrogens (tertiary/aromatic N) is 3. The van der Waals surface area contributed by atoms with Gasteiger partial charge in [-0.05, 0) is 73.0 Å². The molecule has 0 unspecified atom stereocenters. The van der Waals surface area contributed by atoms with Gasteiger partial charge in [0.1, 0.15) is 5.69 Å². The van der Waals surface area contributed by atoms with Gasteiger partial charge in [-0.25, -0.2) is 0 Å². The number of fused-ring (bicyclic) bond motifs is 1. The van der Waals surface area contributed by atoms with Crippen LogP contribution in [0.2, 0.25) is 0 Å². The first-order valence-electron chi connectivity index (χ1n) is 11.7. The summed E-state index contributed by atoms with van der Waals surface area (Å²) in [7, 11) is 0. The van der Waals surface area contributed by atoms with Crippen molar-refractivity contribution in [3.63, 3.8) is 0 Å². The quantitative estimate of drug-likeness (QED) is 0.400. The Bertz CT molecular complexity index is 1310. The van der Waals surface area contributed by atoms with Gasteiger partial charge in [-0.3, -0.25) is 19.7 Å². The molecule has 1 N–H and O–H groups in total. The predicted octanol–water partition coefficient (Wildman–Crippen LogP) is 5.02. The highest BCUT2D eigenvalue weighted by molar-refractivity contribution is 7.10. The van der Waals surface area contributed by atoms with Crippen LogP contribution in [0.1, 0.15) is 49.6 Å². The zero-order chi connectivity index (χ0) is 24.5. The average Bonchev–Trinajstić information content (AvgIpc) is 3.56. The predicted molar refractivity (Wildman–Crippen MR) is 136 cm³/mol. The molecule has 3 heterocycles. The molecule has 2 aromatic carbocycles. The first-order valence-corrected chi connectivity index (χ1v) is 12.6. The molecule has 2 aliphatic rings. The summed E-state index contributed by atoms with van der Waals surface area (Å²) in [4.78, 5) is 42.7. The van der Waals surface area contributed by atoms with Crippen LogP contribution in [0.15, 0.2) is 47.8 Å². The van der Waals surface area contributed by atoms with Crippen LogP contribution in [0.5, 0.6) is 0 Å². The van der Waals surface area contributed by atoms with E-state index >= 15 is 0 Å². The number of anilines is 2. The summed E-state index contributed by atoms with van der Waals surface area (Å²) >= 11 is 1.73. The van der Waals surface area contributed by atoms with E-state index in [1.807, 2.05) is 16.7 Å². The van der Waals surface area contributed by atoms with Crippen molar-refractivity contribution in [3.05, 3.63) is 85.1 Å². The Morgan fingerprint density at radius 3 is 2.66 bits per heavy atom. The second kappa shape index (κ2) is 9.50. The maximum absolute atomic E-state index is 13.3. The van der Waals surface area contributed by atoms with Crippen LogP contribution >= 0.6 is 11.3 Å². The molecule has 0 aliphatic carbocycles. The molecule has 1 fully saturated rings. The molecule has 0 atom stereocenters. The summed E-state index contributed by atoms with van der Waals surface area (Å²) < 4.78 is 0. The highest BCUT2D eigenvalue weighted by Crippen LogP contribution is 2.32. The van der Waals surface area contributed by atoms with Crippen LogP contribution in [0, 0.1) is 17.0 Å². The molecule has 2 amide bonds. The van der Waals surface area contributed by atoms with E-state index < -0.39 is 10.8 Å². The Balaban J connectivity index is 1.36. The molecule has 2 aliphatic heterocycles. The van der Waals surface area contributed by atoms with Crippen LogP contribution in [-0.4, -0.2) is 41.3 Å². The summed E-state index contributed by atoms with van der Waals surface area (Å²) in [6.45, 7) is 4.60. The third-order valence-electron chi connectivity index (χ3n) is 6.79. The van der Waals surface area contributed by atoms with Crippen molar-refractivity contribution in [2.45, 2.75) is 32.7 Å².